The number of hydrogen-bond acceptors (Lipinski definition) is 3. The summed E-state index contributed by atoms with van der Waals surface area (Å²) in [7, 11) is 0. The second-order valence-corrected chi connectivity index (χ2v) is 7.43. The van der Waals surface area contributed by atoms with E-state index in [1.165, 1.54) is 42.4 Å². The molecule has 0 spiro atoms. The van der Waals surface area contributed by atoms with E-state index in [4.69, 9.17) is 14.5 Å². The third-order valence-electron chi connectivity index (χ3n) is 5.21. The molecule has 0 amide bonds. The SMILES string of the molecule is CCCCCCCOc1ccc2c(c1)CCc1nc(OCCCC)ccc1-2. The number of aromatic nitrogens is 1. The normalized spacial score (nSPS) is 12.4. The van der Waals surface area contributed by atoms with Crippen molar-refractivity contribution >= 4 is 0 Å². The molecule has 1 aromatic carbocycles. The Morgan fingerprint density at radius 2 is 1.56 bits per heavy atom. The molecular weight excluding hydrogens is 334 g/mol. The molecule has 0 atom stereocenters. The van der Waals surface area contributed by atoms with E-state index in [1.807, 2.05) is 6.07 Å². The summed E-state index contributed by atoms with van der Waals surface area (Å²) in [6.45, 7) is 5.99. The molecule has 0 fully saturated rings. The highest BCUT2D eigenvalue weighted by molar-refractivity contribution is 5.73. The average Bonchev–Trinajstić information content (AvgIpc) is 2.70. The van der Waals surface area contributed by atoms with Crippen molar-refractivity contribution in [2.45, 2.75) is 71.6 Å². The van der Waals surface area contributed by atoms with Crippen molar-refractivity contribution in [2.24, 2.45) is 0 Å². The number of unbranched alkanes of at least 4 members (excludes halogenated alkanes) is 5. The zero-order valence-electron chi connectivity index (χ0n) is 16.9. The van der Waals surface area contributed by atoms with E-state index >= 15 is 0 Å². The second-order valence-electron chi connectivity index (χ2n) is 7.43. The molecule has 3 heteroatoms. The minimum Gasteiger partial charge on any atom is -0.494 e. The van der Waals surface area contributed by atoms with Gasteiger partial charge in [0, 0.05) is 11.6 Å². The lowest BCUT2D eigenvalue weighted by molar-refractivity contribution is 0.297. The zero-order chi connectivity index (χ0) is 18.9. The molecule has 0 unspecified atom stereocenters. The smallest absolute Gasteiger partial charge is 0.213 e. The monoisotopic (exact) mass is 367 g/mol. The Labute approximate surface area is 164 Å². The number of hydrogen-bond donors (Lipinski definition) is 0. The van der Waals surface area contributed by atoms with Crippen LogP contribution in [0.3, 0.4) is 0 Å². The molecule has 0 aliphatic heterocycles. The van der Waals surface area contributed by atoms with Crippen LogP contribution in [-0.2, 0) is 12.8 Å². The maximum absolute atomic E-state index is 5.98. The summed E-state index contributed by atoms with van der Waals surface area (Å²) in [6, 6.07) is 10.7. The Balaban J connectivity index is 1.60. The minimum absolute atomic E-state index is 0.748. The fourth-order valence-corrected chi connectivity index (χ4v) is 3.60. The molecule has 0 radical (unpaired) electrons. The molecule has 3 nitrogen and oxygen atoms in total. The summed E-state index contributed by atoms with van der Waals surface area (Å²) in [4.78, 5) is 4.74. The van der Waals surface area contributed by atoms with Gasteiger partial charge in [-0.25, -0.2) is 4.98 Å². The molecule has 0 N–H and O–H groups in total. The van der Waals surface area contributed by atoms with Gasteiger partial charge in [-0.2, -0.15) is 0 Å². The van der Waals surface area contributed by atoms with E-state index in [9.17, 15) is 0 Å². The van der Waals surface area contributed by atoms with E-state index in [0.717, 1.165) is 62.6 Å². The fraction of sp³-hybridized carbons (Fsp3) is 0.542. The molecule has 1 aromatic heterocycles. The Kier molecular flexibility index (Phi) is 7.55. The van der Waals surface area contributed by atoms with Crippen LogP contribution in [0.2, 0.25) is 0 Å². The van der Waals surface area contributed by atoms with Crippen molar-refractivity contribution in [3.63, 3.8) is 0 Å². The van der Waals surface area contributed by atoms with Gasteiger partial charge in [-0.15, -0.1) is 0 Å². The first-order chi connectivity index (χ1) is 13.3. The minimum atomic E-state index is 0.748. The van der Waals surface area contributed by atoms with E-state index in [0.29, 0.717) is 0 Å². The first-order valence-electron chi connectivity index (χ1n) is 10.7. The van der Waals surface area contributed by atoms with Gasteiger partial charge < -0.3 is 9.47 Å². The molecular formula is C24H33NO2. The Morgan fingerprint density at radius 3 is 2.41 bits per heavy atom. The third kappa shape index (κ3) is 5.47. The van der Waals surface area contributed by atoms with Crippen LogP contribution in [0.4, 0.5) is 0 Å². The number of pyridine rings is 1. The number of benzene rings is 1. The number of aryl methyl sites for hydroxylation is 2. The van der Waals surface area contributed by atoms with E-state index in [2.05, 4.69) is 38.1 Å². The van der Waals surface area contributed by atoms with Crippen LogP contribution in [0.15, 0.2) is 30.3 Å². The molecule has 0 bridgehead atoms. The van der Waals surface area contributed by atoms with Gasteiger partial charge in [0.05, 0.1) is 18.9 Å². The first-order valence-corrected chi connectivity index (χ1v) is 10.7. The van der Waals surface area contributed by atoms with E-state index in [1.54, 1.807) is 0 Å². The lowest BCUT2D eigenvalue weighted by atomic mass is 9.88. The summed E-state index contributed by atoms with van der Waals surface area (Å²) in [6.07, 6.45) is 10.5. The van der Waals surface area contributed by atoms with Crippen LogP contribution in [0.25, 0.3) is 11.1 Å². The van der Waals surface area contributed by atoms with Crippen molar-refractivity contribution < 1.29 is 9.47 Å². The Bertz CT molecular complexity index is 726. The molecule has 1 aliphatic carbocycles. The van der Waals surface area contributed by atoms with Gasteiger partial charge in [-0.3, -0.25) is 0 Å². The maximum atomic E-state index is 5.98. The van der Waals surface area contributed by atoms with Crippen LogP contribution < -0.4 is 9.47 Å². The summed E-state index contributed by atoms with van der Waals surface area (Å²) in [5.74, 6) is 1.76. The molecule has 0 saturated carbocycles. The van der Waals surface area contributed by atoms with Crippen LogP contribution >= 0.6 is 0 Å². The van der Waals surface area contributed by atoms with Crippen LogP contribution in [-0.4, -0.2) is 18.2 Å². The quantitative estimate of drug-likeness (QED) is 0.432. The van der Waals surface area contributed by atoms with Crippen molar-refractivity contribution in [3.05, 3.63) is 41.6 Å². The van der Waals surface area contributed by atoms with Gasteiger partial charge in [-0.05, 0) is 55.0 Å². The van der Waals surface area contributed by atoms with Crippen molar-refractivity contribution in [1.82, 2.24) is 4.98 Å². The third-order valence-corrected chi connectivity index (χ3v) is 5.21. The average molecular weight is 368 g/mol. The predicted molar refractivity (Wildman–Crippen MR) is 112 cm³/mol. The van der Waals surface area contributed by atoms with Crippen LogP contribution in [0.1, 0.15) is 70.1 Å². The molecule has 27 heavy (non-hydrogen) atoms. The van der Waals surface area contributed by atoms with E-state index < -0.39 is 0 Å². The Hall–Kier alpha value is -2.03. The van der Waals surface area contributed by atoms with Gasteiger partial charge in [0.1, 0.15) is 5.75 Å². The molecule has 0 saturated heterocycles. The number of nitrogens with zero attached hydrogens (tertiary/aromatic N) is 1. The summed E-state index contributed by atoms with van der Waals surface area (Å²) < 4.78 is 11.7. The molecule has 3 rings (SSSR count). The highest BCUT2D eigenvalue weighted by Gasteiger charge is 2.18. The van der Waals surface area contributed by atoms with Crippen LogP contribution in [0, 0.1) is 0 Å². The van der Waals surface area contributed by atoms with Gasteiger partial charge in [0.15, 0.2) is 0 Å². The topological polar surface area (TPSA) is 31.4 Å². The number of ether oxygens (including phenoxy) is 2. The Morgan fingerprint density at radius 1 is 0.778 bits per heavy atom. The summed E-state index contributed by atoms with van der Waals surface area (Å²) >= 11 is 0. The summed E-state index contributed by atoms with van der Waals surface area (Å²) in [5, 5.41) is 0. The van der Waals surface area contributed by atoms with Gasteiger partial charge in [-0.1, -0.05) is 52.0 Å². The van der Waals surface area contributed by atoms with Gasteiger partial charge in [0.25, 0.3) is 0 Å². The fourth-order valence-electron chi connectivity index (χ4n) is 3.60. The maximum Gasteiger partial charge on any atom is 0.213 e. The first kappa shape index (κ1) is 19.7. The molecule has 1 heterocycles. The van der Waals surface area contributed by atoms with Gasteiger partial charge in [0.2, 0.25) is 5.88 Å². The standard InChI is InChI=1S/C24H33NO2/c1-3-5-7-8-9-17-26-20-11-12-21-19(18-20)10-14-23-22(21)13-15-24(25-23)27-16-6-4-2/h11-13,15,18H,3-10,14,16-17H2,1-2H3. The van der Waals surface area contributed by atoms with E-state index in [-0.39, 0.29) is 0 Å². The largest absolute Gasteiger partial charge is 0.494 e. The van der Waals surface area contributed by atoms with Gasteiger partial charge >= 0.3 is 0 Å². The summed E-state index contributed by atoms with van der Waals surface area (Å²) in [5.41, 5.74) is 5.05. The van der Waals surface area contributed by atoms with Crippen molar-refractivity contribution in [3.8, 4) is 22.8 Å². The number of fused-ring (bicyclic) bond motifs is 3. The lowest BCUT2D eigenvalue weighted by Crippen LogP contribution is -2.08. The second kappa shape index (κ2) is 10.3. The number of rotatable bonds is 11. The van der Waals surface area contributed by atoms with Crippen molar-refractivity contribution in [1.29, 1.82) is 0 Å². The highest BCUT2D eigenvalue weighted by atomic mass is 16.5. The highest BCUT2D eigenvalue weighted by Crippen LogP contribution is 2.35. The van der Waals surface area contributed by atoms with Crippen molar-refractivity contribution in [2.75, 3.05) is 13.2 Å². The molecule has 146 valence electrons. The zero-order valence-corrected chi connectivity index (χ0v) is 16.9. The molecule has 1 aliphatic rings. The lowest BCUT2D eigenvalue weighted by Gasteiger charge is -2.20. The molecule has 2 aromatic rings. The van der Waals surface area contributed by atoms with Crippen LogP contribution in [0.5, 0.6) is 11.6 Å². The predicted octanol–water partition coefficient (Wildman–Crippen LogP) is 6.38.